The van der Waals surface area contributed by atoms with Gasteiger partial charge in [0.05, 0.1) is 11.9 Å². The van der Waals surface area contributed by atoms with E-state index in [2.05, 4.69) is 15.3 Å². The molecule has 0 amide bonds. The fourth-order valence-corrected chi connectivity index (χ4v) is 2.20. The van der Waals surface area contributed by atoms with Crippen molar-refractivity contribution in [3.63, 3.8) is 0 Å². The monoisotopic (exact) mass is 209 g/mol. The van der Waals surface area contributed by atoms with Crippen molar-refractivity contribution in [2.24, 2.45) is 0 Å². The summed E-state index contributed by atoms with van der Waals surface area (Å²) in [4.78, 5) is 6.98. The summed E-state index contributed by atoms with van der Waals surface area (Å²) in [7, 11) is 0. The van der Waals surface area contributed by atoms with E-state index in [1.54, 1.807) is 12.5 Å². The molecule has 1 heterocycles. The number of imidazole rings is 1. The quantitative estimate of drug-likeness (QED) is 0.698. The van der Waals surface area contributed by atoms with Crippen molar-refractivity contribution >= 4 is 0 Å². The maximum atomic E-state index is 10.2. The van der Waals surface area contributed by atoms with Gasteiger partial charge in [0.1, 0.15) is 0 Å². The summed E-state index contributed by atoms with van der Waals surface area (Å²) < 4.78 is 0. The number of hydrogen-bond donors (Lipinski definition) is 3. The Balaban J connectivity index is 1.72. The number of nitrogens with zero attached hydrogens (tertiary/aromatic N) is 1. The Kier molecular flexibility index (Phi) is 3.38. The molecule has 4 heteroatoms. The normalized spacial score (nSPS) is 20.3. The molecule has 1 fully saturated rings. The Labute approximate surface area is 90.1 Å². The summed E-state index contributed by atoms with van der Waals surface area (Å²) >= 11 is 0. The van der Waals surface area contributed by atoms with Crippen LogP contribution in [0.3, 0.4) is 0 Å². The second-order valence-electron chi connectivity index (χ2n) is 4.47. The Morgan fingerprint density at radius 3 is 2.87 bits per heavy atom. The van der Waals surface area contributed by atoms with E-state index in [1.165, 1.54) is 6.42 Å². The van der Waals surface area contributed by atoms with E-state index in [4.69, 9.17) is 0 Å². The molecule has 3 N–H and O–H groups in total. The van der Waals surface area contributed by atoms with Gasteiger partial charge >= 0.3 is 0 Å². The van der Waals surface area contributed by atoms with Crippen LogP contribution in [0.25, 0.3) is 0 Å². The van der Waals surface area contributed by atoms with Gasteiger partial charge in [0, 0.05) is 25.0 Å². The van der Waals surface area contributed by atoms with Gasteiger partial charge in [-0.15, -0.1) is 0 Å². The smallest absolute Gasteiger partial charge is 0.0922 e. The molecule has 0 radical (unpaired) electrons. The van der Waals surface area contributed by atoms with Crippen LogP contribution >= 0.6 is 0 Å². The van der Waals surface area contributed by atoms with Gasteiger partial charge in [-0.1, -0.05) is 19.3 Å². The van der Waals surface area contributed by atoms with Gasteiger partial charge in [-0.2, -0.15) is 0 Å². The van der Waals surface area contributed by atoms with E-state index in [0.717, 1.165) is 37.9 Å². The third kappa shape index (κ3) is 3.04. The predicted octanol–water partition coefficient (Wildman–Crippen LogP) is 1.19. The van der Waals surface area contributed by atoms with Crippen LogP contribution in [-0.4, -0.2) is 27.2 Å². The average Bonchev–Trinajstić information content (AvgIpc) is 2.71. The topological polar surface area (TPSA) is 60.9 Å². The standard InChI is InChI=1S/C11H19N3O/c15-11(4-2-1-3-5-11)8-12-6-10-7-13-9-14-10/h7,9,12,15H,1-6,8H2,(H,13,14). The molecule has 1 aromatic heterocycles. The second-order valence-corrected chi connectivity index (χ2v) is 4.47. The highest BCUT2D eigenvalue weighted by Gasteiger charge is 2.28. The second kappa shape index (κ2) is 4.77. The number of aromatic amines is 1. The Bertz CT molecular complexity index is 278. The van der Waals surface area contributed by atoms with Crippen LogP contribution in [0.15, 0.2) is 12.5 Å². The minimum Gasteiger partial charge on any atom is -0.389 e. The molecule has 0 saturated heterocycles. The molecule has 2 rings (SSSR count). The first-order valence-corrected chi connectivity index (χ1v) is 5.69. The van der Waals surface area contributed by atoms with E-state index in [-0.39, 0.29) is 0 Å². The maximum Gasteiger partial charge on any atom is 0.0922 e. The number of aliphatic hydroxyl groups is 1. The molecule has 0 spiro atoms. The third-order valence-corrected chi connectivity index (χ3v) is 3.11. The maximum absolute atomic E-state index is 10.2. The highest BCUT2D eigenvalue weighted by molar-refractivity contribution is 4.94. The lowest BCUT2D eigenvalue weighted by Crippen LogP contribution is -2.41. The van der Waals surface area contributed by atoms with Crippen LogP contribution in [0.4, 0.5) is 0 Å². The number of H-pyrrole nitrogens is 1. The van der Waals surface area contributed by atoms with Crippen molar-refractivity contribution in [3.8, 4) is 0 Å². The number of aromatic nitrogens is 2. The molecule has 84 valence electrons. The molecular weight excluding hydrogens is 190 g/mol. The Morgan fingerprint density at radius 2 is 2.20 bits per heavy atom. The zero-order chi connectivity index (χ0) is 10.6. The molecular formula is C11H19N3O. The van der Waals surface area contributed by atoms with Crippen molar-refractivity contribution in [1.82, 2.24) is 15.3 Å². The van der Waals surface area contributed by atoms with Crippen LogP contribution in [0, 0.1) is 0 Å². The molecule has 4 nitrogen and oxygen atoms in total. The SMILES string of the molecule is OC1(CNCc2cnc[nH]2)CCCCC1. The predicted molar refractivity (Wildman–Crippen MR) is 58.3 cm³/mol. The van der Waals surface area contributed by atoms with Crippen LogP contribution in [-0.2, 0) is 6.54 Å². The molecule has 1 aliphatic rings. The van der Waals surface area contributed by atoms with Crippen molar-refractivity contribution < 1.29 is 5.11 Å². The van der Waals surface area contributed by atoms with Gasteiger partial charge < -0.3 is 15.4 Å². The highest BCUT2D eigenvalue weighted by atomic mass is 16.3. The summed E-state index contributed by atoms with van der Waals surface area (Å²) in [6, 6.07) is 0. The molecule has 1 aliphatic carbocycles. The number of rotatable bonds is 4. The third-order valence-electron chi connectivity index (χ3n) is 3.11. The van der Waals surface area contributed by atoms with E-state index >= 15 is 0 Å². The van der Waals surface area contributed by atoms with Crippen molar-refractivity contribution in [3.05, 3.63) is 18.2 Å². The molecule has 0 atom stereocenters. The first kappa shape index (κ1) is 10.6. The highest BCUT2D eigenvalue weighted by Crippen LogP contribution is 2.27. The number of nitrogens with one attached hydrogen (secondary N) is 2. The van der Waals surface area contributed by atoms with Crippen LogP contribution in [0.1, 0.15) is 37.8 Å². The van der Waals surface area contributed by atoms with Crippen LogP contribution in [0.2, 0.25) is 0 Å². The van der Waals surface area contributed by atoms with Gasteiger partial charge in [0.25, 0.3) is 0 Å². The number of hydrogen-bond acceptors (Lipinski definition) is 3. The van der Waals surface area contributed by atoms with E-state index in [1.807, 2.05) is 0 Å². The summed E-state index contributed by atoms with van der Waals surface area (Å²) in [6.45, 7) is 1.44. The largest absolute Gasteiger partial charge is 0.389 e. The summed E-state index contributed by atoms with van der Waals surface area (Å²) in [5.74, 6) is 0. The molecule has 1 saturated carbocycles. The van der Waals surface area contributed by atoms with E-state index in [9.17, 15) is 5.11 Å². The average molecular weight is 209 g/mol. The summed E-state index contributed by atoms with van der Waals surface area (Å²) in [6.07, 6.45) is 8.92. The van der Waals surface area contributed by atoms with Crippen molar-refractivity contribution in [2.45, 2.75) is 44.2 Å². The lowest BCUT2D eigenvalue weighted by atomic mass is 9.85. The fraction of sp³-hybridized carbons (Fsp3) is 0.727. The first-order chi connectivity index (χ1) is 7.29. The van der Waals surface area contributed by atoms with Gasteiger partial charge in [0.2, 0.25) is 0 Å². The molecule has 15 heavy (non-hydrogen) atoms. The Morgan fingerprint density at radius 1 is 1.40 bits per heavy atom. The van der Waals surface area contributed by atoms with Gasteiger partial charge in [0.15, 0.2) is 0 Å². The van der Waals surface area contributed by atoms with Gasteiger partial charge in [-0.3, -0.25) is 0 Å². The molecule has 0 aliphatic heterocycles. The Hall–Kier alpha value is -0.870. The molecule has 0 unspecified atom stereocenters. The van der Waals surface area contributed by atoms with Gasteiger partial charge in [-0.05, 0) is 12.8 Å². The lowest BCUT2D eigenvalue weighted by Gasteiger charge is -2.32. The first-order valence-electron chi connectivity index (χ1n) is 5.69. The lowest BCUT2D eigenvalue weighted by molar-refractivity contribution is 0.00462. The van der Waals surface area contributed by atoms with Crippen LogP contribution < -0.4 is 5.32 Å². The minimum absolute atomic E-state index is 0.474. The minimum atomic E-state index is -0.474. The van der Waals surface area contributed by atoms with E-state index in [0.29, 0.717) is 6.54 Å². The van der Waals surface area contributed by atoms with Crippen LogP contribution in [0.5, 0.6) is 0 Å². The van der Waals surface area contributed by atoms with E-state index < -0.39 is 5.60 Å². The molecule has 1 aromatic rings. The van der Waals surface area contributed by atoms with Crippen molar-refractivity contribution in [2.75, 3.05) is 6.54 Å². The fourth-order valence-electron chi connectivity index (χ4n) is 2.20. The molecule has 0 aromatic carbocycles. The van der Waals surface area contributed by atoms with Crippen molar-refractivity contribution in [1.29, 1.82) is 0 Å². The summed E-state index contributed by atoms with van der Waals surface area (Å²) in [5, 5.41) is 13.5. The summed E-state index contributed by atoms with van der Waals surface area (Å²) in [5.41, 5.74) is 0.590. The molecule has 0 bridgehead atoms. The van der Waals surface area contributed by atoms with Gasteiger partial charge in [-0.25, -0.2) is 4.98 Å². The zero-order valence-electron chi connectivity index (χ0n) is 9.00. The zero-order valence-corrected chi connectivity index (χ0v) is 9.00.